The Bertz CT molecular complexity index is 921. The van der Waals surface area contributed by atoms with Crippen molar-refractivity contribution in [2.75, 3.05) is 19.7 Å². The lowest BCUT2D eigenvalue weighted by Gasteiger charge is -2.42. The molecule has 0 radical (unpaired) electrons. The highest BCUT2D eigenvalue weighted by Gasteiger charge is 2.51. The average Bonchev–Trinajstić information content (AvgIpc) is 3.62. The number of hydrogen-bond donors (Lipinski definition) is 3. The van der Waals surface area contributed by atoms with Crippen LogP contribution in [0.25, 0.3) is 0 Å². The van der Waals surface area contributed by atoms with Crippen LogP contribution in [0.15, 0.2) is 35.9 Å². The molecule has 2 amide bonds. The number of para-hydroxylation sites is 1. The minimum atomic E-state index is -0.928. The molecule has 4 aliphatic rings. The molecule has 7 heteroatoms. The van der Waals surface area contributed by atoms with Crippen molar-refractivity contribution in [2.24, 2.45) is 11.8 Å². The fourth-order valence-electron chi connectivity index (χ4n) is 5.76. The zero-order chi connectivity index (χ0) is 22.9. The van der Waals surface area contributed by atoms with Gasteiger partial charge in [0.05, 0.1) is 18.6 Å². The summed E-state index contributed by atoms with van der Waals surface area (Å²) >= 11 is 0. The van der Waals surface area contributed by atoms with Gasteiger partial charge < -0.3 is 25.2 Å². The van der Waals surface area contributed by atoms with E-state index >= 15 is 0 Å². The summed E-state index contributed by atoms with van der Waals surface area (Å²) < 4.78 is 6.18. The fraction of sp³-hybridized carbons (Fsp3) is 0.615. The Morgan fingerprint density at radius 3 is 2.58 bits per heavy atom. The van der Waals surface area contributed by atoms with Crippen LogP contribution in [0.3, 0.4) is 0 Å². The van der Waals surface area contributed by atoms with Crippen molar-refractivity contribution in [2.45, 2.75) is 69.1 Å². The van der Waals surface area contributed by atoms with Crippen molar-refractivity contribution >= 4 is 11.8 Å². The topological polar surface area (TPSA) is 99.1 Å². The fourth-order valence-corrected chi connectivity index (χ4v) is 5.76. The second-order valence-corrected chi connectivity index (χ2v) is 9.95. The molecule has 1 heterocycles. The van der Waals surface area contributed by atoms with Gasteiger partial charge >= 0.3 is 0 Å². The SMILES string of the molecule is O=C(NCCO)C1=C[C@@H](N(CC2CCCCC2)C(=O)C2CC2)[C@H](O)[C@H]2Oc3ccccc3[C@@H]12. The predicted octanol–water partition coefficient (Wildman–Crippen LogP) is 2.13. The molecule has 3 aliphatic carbocycles. The first-order valence-corrected chi connectivity index (χ1v) is 12.4. The van der Waals surface area contributed by atoms with Gasteiger partial charge in [0.25, 0.3) is 0 Å². The molecule has 0 aromatic heterocycles. The Balaban J connectivity index is 1.50. The molecule has 0 spiro atoms. The molecule has 2 fully saturated rings. The second kappa shape index (κ2) is 9.47. The summed E-state index contributed by atoms with van der Waals surface area (Å²) in [4.78, 5) is 28.4. The van der Waals surface area contributed by atoms with Crippen LogP contribution in [0.4, 0.5) is 0 Å². The van der Waals surface area contributed by atoms with Gasteiger partial charge in [-0.2, -0.15) is 0 Å². The predicted molar refractivity (Wildman–Crippen MR) is 123 cm³/mol. The number of rotatable bonds is 7. The molecule has 2 saturated carbocycles. The first-order valence-electron chi connectivity index (χ1n) is 12.4. The molecule has 0 saturated heterocycles. The number of aliphatic hydroxyl groups is 2. The third kappa shape index (κ3) is 4.41. The third-order valence-electron chi connectivity index (χ3n) is 7.63. The van der Waals surface area contributed by atoms with E-state index in [0.717, 1.165) is 31.2 Å². The van der Waals surface area contributed by atoms with Gasteiger partial charge in [0, 0.05) is 30.1 Å². The highest BCUT2D eigenvalue weighted by molar-refractivity contribution is 5.96. The lowest BCUT2D eigenvalue weighted by Crippen LogP contribution is -2.57. The summed E-state index contributed by atoms with van der Waals surface area (Å²) in [6, 6.07) is 6.95. The molecule has 0 bridgehead atoms. The first kappa shape index (κ1) is 22.4. The zero-order valence-electron chi connectivity index (χ0n) is 19.0. The number of fused-ring (bicyclic) bond motifs is 3. The standard InChI is InChI=1S/C26H34N2O5/c29-13-12-27-25(31)19-14-20(23(30)24-22(19)18-8-4-5-9-21(18)33-24)28(26(32)17-10-11-17)15-16-6-2-1-3-7-16/h4-5,8-9,14,16-17,20,22-24,29-30H,1-3,6-7,10-13,15H2,(H,27,31)/t20-,22+,23+,24+/m1/s1. The van der Waals surface area contributed by atoms with Gasteiger partial charge in [-0.25, -0.2) is 0 Å². The Morgan fingerprint density at radius 2 is 1.85 bits per heavy atom. The first-order chi connectivity index (χ1) is 16.1. The highest BCUT2D eigenvalue weighted by Crippen LogP contribution is 2.47. The molecule has 1 aliphatic heterocycles. The summed E-state index contributed by atoms with van der Waals surface area (Å²) in [6.45, 7) is 0.611. The molecule has 178 valence electrons. The van der Waals surface area contributed by atoms with E-state index in [9.17, 15) is 19.8 Å². The number of aliphatic hydroxyl groups excluding tert-OH is 2. The van der Waals surface area contributed by atoms with Crippen LogP contribution in [0.5, 0.6) is 5.75 Å². The van der Waals surface area contributed by atoms with E-state index in [1.165, 1.54) is 19.3 Å². The van der Waals surface area contributed by atoms with E-state index in [1.807, 2.05) is 29.2 Å². The van der Waals surface area contributed by atoms with Crippen molar-refractivity contribution < 1.29 is 24.5 Å². The van der Waals surface area contributed by atoms with Gasteiger partial charge in [-0.1, -0.05) is 37.5 Å². The van der Waals surface area contributed by atoms with Crippen LogP contribution in [0.1, 0.15) is 56.4 Å². The number of nitrogens with zero attached hydrogens (tertiary/aromatic N) is 1. The number of carbonyl (C=O) groups is 2. The van der Waals surface area contributed by atoms with Crippen LogP contribution in [0, 0.1) is 11.8 Å². The van der Waals surface area contributed by atoms with Gasteiger partial charge in [-0.05, 0) is 43.7 Å². The molecule has 0 unspecified atom stereocenters. The Labute approximate surface area is 194 Å². The summed E-state index contributed by atoms with van der Waals surface area (Å²) in [7, 11) is 0. The number of benzene rings is 1. The monoisotopic (exact) mass is 454 g/mol. The van der Waals surface area contributed by atoms with Crippen LogP contribution < -0.4 is 10.1 Å². The van der Waals surface area contributed by atoms with Crippen LogP contribution >= 0.6 is 0 Å². The lowest BCUT2D eigenvalue weighted by molar-refractivity contribution is -0.139. The molecule has 1 aromatic carbocycles. The van der Waals surface area contributed by atoms with Crippen molar-refractivity contribution in [3.8, 4) is 5.75 Å². The molecule has 4 atom stereocenters. The van der Waals surface area contributed by atoms with E-state index < -0.39 is 24.2 Å². The Kier molecular flexibility index (Phi) is 6.43. The van der Waals surface area contributed by atoms with Gasteiger partial charge in [0.2, 0.25) is 11.8 Å². The second-order valence-electron chi connectivity index (χ2n) is 9.95. The molecule has 33 heavy (non-hydrogen) atoms. The number of hydrogen-bond acceptors (Lipinski definition) is 5. The van der Waals surface area contributed by atoms with Gasteiger partial charge in [0.15, 0.2) is 0 Å². The van der Waals surface area contributed by atoms with Crippen molar-refractivity contribution in [3.05, 3.63) is 41.5 Å². The minimum Gasteiger partial charge on any atom is -0.486 e. The van der Waals surface area contributed by atoms with Crippen molar-refractivity contribution in [1.29, 1.82) is 0 Å². The van der Waals surface area contributed by atoms with E-state index in [0.29, 0.717) is 23.8 Å². The third-order valence-corrected chi connectivity index (χ3v) is 7.63. The summed E-state index contributed by atoms with van der Waals surface area (Å²) in [6.07, 6.45) is 7.81. The molecule has 3 N–H and O–H groups in total. The van der Waals surface area contributed by atoms with Gasteiger partial charge in [-0.15, -0.1) is 0 Å². The Morgan fingerprint density at radius 1 is 1.09 bits per heavy atom. The maximum atomic E-state index is 13.4. The van der Waals surface area contributed by atoms with Crippen LogP contribution in [0.2, 0.25) is 0 Å². The maximum absolute atomic E-state index is 13.4. The molecular weight excluding hydrogens is 420 g/mol. The number of ether oxygens (including phenoxy) is 1. The highest BCUT2D eigenvalue weighted by atomic mass is 16.5. The largest absolute Gasteiger partial charge is 0.486 e. The Hall–Kier alpha value is -2.38. The van der Waals surface area contributed by atoms with E-state index in [-0.39, 0.29) is 30.9 Å². The van der Waals surface area contributed by atoms with Crippen LogP contribution in [-0.4, -0.2) is 64.9 Å². The minimum absolute atomic E-state index is 0.0280. The van der Waals surface area contributed by atoms with Crippen molar-refractivity contribution in [1.82, 2.24) is 10.2 Å². The summed E-state index contributed by atoms with van der Waals surface area (Å²) in [5.41, 5.74) is 1.38. The van der Waals surface area contributed by atoms with Gasteiger partial charge in [0.1, 0.15) is 18.0 Å². The molecular formula is C26H34N2O5. The number of amides is 2. The van der Waals surface area contributed by atoms with E-state index in [2.05, 4.69) is 5.32 Å². The quantitative estimate of drug-likeness (QED) is 0.586. The van der Waals surface area contributed by atoms with Gasteiger partial charge in [-0.3, -0.25) is 9.59 Å². The molecule has 7 nitrogen and oxygen atoms in total. The maximum Gasteiger partial charge on any atom is 0.247 e. The number of nitrogens with one attached hydrogen (secondary N) is 1. The number of carbonyl (C=O) groups excluding carboxylic acids is 2. The zero-order valence-corrected chi connectivity index (χ0v) is 19.0. The molecule has 1 aromatic rings. The van der Waals surface area contributed by atoms with E-state index in [1.54, 1.807) is 6.08 Å². The summed E-state index contributed by atoms with van der Waals surface area (Å²) in [5.74, 6) is 0.519. The van der Waals surface area contributed by atoms with Crippen LogP contribution in [-0.2, 0) is 9.59 Å². The van der Waals surface area contributed by atoms with Crippen molar-refractivity contribution in [3.63, 3.8) is 0 Å². The smallest absolute Gasteiger partial charge is 0.247 e. The van der Waals surface area contributed by atoms with E-state index in [4.69, 9.17) is 4.74 Å². The lowest BCUT2D eigenvalue weighted by atomic mass is 9.77. The average molecular weight is 455 g/mol. The molecule has 5 rings (SSSR count). The summed E-state index contributed by atoms with van der Waals surface area (Å²) in [5, 5.41) is 23.5. The normalized spacial score (nSPS) is 28.8.